The van der Waals surface area contributed by atoms with Crippen molar-refractivity contribution in [3.63, 3.8) is 0 Å². The molecule has 144 valence electrons. The van der Waals surface area contributed by atoms with Crippen molar-refractivity contribution < 1.29 is 9.59 Å². The van der Waals surface area contributed by atoms with Gasteiger partial charge in [0, 0.05) is 23.3 Å². The zero-order valence-electron chi connectivity index (χ0n) is 15.1. The largest absolute Gasteiger partial charge is 0.343 e. The highest BCUT2D eigenvalue weighted by molar-refractivity contribution is 7.71. The van der Waals surface area contributed by atoms with Gasteiger partial charge >= 0.3 is 0 Å². The molecule has 0 saturated heterocycles. The first-order valence-corrected chi connectivity index (χ1v) is 9.13. The second-order valence-corrected chi connectivity index (χ2v) is 6.99. The molecule has 28 heavy (non-hydrogen) atoms. The van der Waals surface area contributed by atoms with E-state index < -0.39 is 5.91 Å². The fourth-order valence-electron chi connectivity index (χ4n) is 2.65. The van der Waals surface area contributed by atoms with E-state index in [1.807, 2.05) is 0 Å². The van der Waals surface area contributed by atoms with Crippen LogP contribution in [-0.2, 0) is 11.8 Å². The minimum absolute atomic E-state index is 0.213. The minimum Gasteiger partial charge on any atom is -0.343 e. The van der Waals surface area contributed by atoms with Gasteiger partial charge in [0.15, 0.2) is 4.77 Å². The Morgan fingerprint density at radius 2 is 2.00 bits per heavy atom. The van der Waals surface area contributed by atoms with E-state index in [-0.39, 0.29) is 22.8 Å². The molecule has 3 aromatic rings. The molecule has 0 aliphatic carbocycles. The van der Waals surface area contributed by atoms with Crippen LogP contribution in [0.4, 0.5) is 5.69 Å². The number of hydrogen-bond acceptors (Lipinski definition) is 4. The van der Waals surface area contributed by atoms with E-state index in [0.717, 1.165) is 5.56 Å². The summed E-state index contributed by atoms with van der Waals surface area (Å²) >= 11 is 11.1. The lowest BCUT2D eigenvalue weighted by Gasteiger charge is -2.10. The maximum Gasteiger partial charge on any atom is 0.261 e. The zero-order valence-corrected chi connectivity index (χ0v) is 16.7. The predicted octanol–water partition coefficient (Wildman–Crippen LogP) is 2.93. The van der Waals surface area contributed by atoms with Crippen molar-refractivity contribution in [2.24, 2.45) is 7.05 Å². The van der Waals surface area contributed by atoms with Crippen LogP contribution in [0.25, 0.3) is 10.9 Å². The van der Waals surface area contributed by atoms with Crippen LogP contribution in [0.5, 0.6) is 0 Å². The number of carbonyl (C=O) groups is 2. The number of benzene rings is 2. The van der Waals surface area contributed by atoms with Crippen LogP contribution in [0.15, 0.2) is 41.2 Å². The molecule has 1 aromatic heterocycles. The molecule has 3 N–H and O–H groups in total. The van der Waals surface area contributed by atoms with Crippen molar-refractivity contribution >= 4 is 52.2 Å². The number of fused-ring (bicyclic) bond motifs is 1. The molecular formula is C19H17ClN4O3S. The third kappa shape index (κ3) is 3.97. The van der Waals surface area contributed by atoms with Crippen LogP contribution >= 0.6 is 23.8 Å². The summed E-state index contributed by atoms with van der Waals surface area (Å²) in [4.78, 5) is 39.6. The summed E-state index contributed by atoms with van der Waals surface area (Å²) in [6, 6.07) is 9.79. The van der Waals surface area contributed by atoms with Crippen molar-refractivity contribution in [2.45, 2.75) is 6.92 Å². The lowest BCUT2D eigenvalue weighted by Crippen LogP contribution is -2.33. The van der Waals surface area contributed by atoms with E-state index in [0.29, 0.717) is 27.2 Å². The highest BCUT2D eigenvalue weighted by atomic mass is 35.5. The molecule has 2 amide bonds. The van der Waals surface area contributed by atoms with Crippen molar-refractivity contribution in [2.75, 3.05) is 11.9 Å². The summed E-state index contributed by atoms with van der Waals surface area (Å²) < 4.78 is 1.57. The van der Waals surface area contributed by atoms with E-state index in [9.17, 15) is 14.4 Å². The number of halogens is 1. The topological polar surface area (TPSA) is 96.0 Å². The Bertz CT molecular complexity index is 1220. The van der Waals surface area contributed by atoms with Gasteiger partial charge in [-0.05, 0) is 55.0 Å². The van der Waals surface area contributed by atoms with Gasteiger partial charge in [0.2, 0.25) is 5.91 Å². The van der Waals surface area contributed by atoms with Crippen molar-refractivity contribution in [3.8, 4) is 0 Å². The lowest BCUT2D eigenvalue weighted by molar-refractivity contribution is -0.115. The Morgan fingerprint density at radius 3 is 2.75 bits per heavy atom. The quantitative estimate of drug-likeness (QED) is 0.570. The summed E-state index contributed by atoms with van der Waals surface area (Å²) in [6.45, 7) is 1.58. The lowest BCUT2D eigenvalue weighted by atomic mass is 10.1. The Labute approximate surface area is 170 Å². The Morgan fingerprint density at radius 1 is 1.25 bits per heavy atom. The molecule has 0 atom stereocenters. The first-order valence-electron chi connectivity index (χ1n) is 8.34. The number of aromatic nitrogens is 2. The van der Waals surface area contributed by atoms with Crippen molar-refractivity contribution in [3.05, 3.63) is 67.7 Å². The number of hydrogen-bond donors (Lipinski definition) is 3. The van der Waals surface area contributed by atoms with Crippen LogP contribution < -0.4 is 16.2 Å². The summed E-state index contributed by atoms with van der Waals surface area (Å²) in [7, 11) is 1.57. The summed E-state index contributed by atoms with van der Waals surface area (Å²) in [5.41, 5.74) is 1.84. The average molecular weight is 417 g/mol. The number of nitrogens with one attached hydrogen (secondary N) is 3. The average Bonchev–Trinajstić information content (AvgIpc) is 2.67. The monoisotopic (exact) mass is 416 g/mol. The Kier molecular flexibility index (Phi) is 5.62. The first kappa shape index (κ1) is 19.8. The molecule has 0 bridgehead atoms. The van der Waals surface area contributed by atoms with E-state index in [1.54, 1.807) is 38.2 Å². The number of nitrogens with zero attached hydrogens (tertiary/aromatic N) is 1. The SMILES string of the molecule is Cc1c(Cl)cccc1NC(=O)CNC(=O)c1ccc2c(=O)n(C)c(=S)[nH]c2c1. The smallest absolute Gasteiger partial charge is 0.261 e. The molecular weight excluding hydrogens is 400 g/mol. The number of amides is 2. The standard InChI is InChI=1S/C19H17ClN4O3S/c1-10-13(20)4-3-5-14(10)22-16(25)9-21-17(26)11-6-7-12-15(8-11)23-19(28)24(2)18(12)27/h3-8H,9H2,1-2H3,(H,21,26)(H,22,25)(H,23,28). The van der Waals surface area contributed by atoms with Gasteiger partial charge < -0.3 is 15.6 Å². The zero-order chi connectivity index (χ0) is 20.4. The van der Waals surface area contributed by atoms with E-state index in [2.05, 4.69) is 15.6 Å². The van der Waals surface area contributed by atoms with Crippen LogP contribution in [0.2, 0.25) is 5.02 Å². The van der Waals surface area contributed by atoms with Crippen molar-refractivity contribution in [1.29, 1.82) is 0 Å². The second kappa shape index (κ2) is 7.95. The summed E-state index contributed by atoms with van der Waals surface area (Å²) in [6.07, 6.45) is 0. The molecule has 3 rings (SSSR count). The number of rotatable bonds is 4. The van der Waals surface area contributed by atoms with Gasteiger partial charge in [0.25, 0.3) is 11.5 Å². The normalized spacial score (nSPS) is 10.7. The maximum absolute atomic E-state index is 12.4. The molecule has 0 aliphatic rings. The molecule has 0 fully saturated rings. The Hall–Kier alpha value is -2.97. The summed E-state index contributed by atoms with van der Waals surface area (Å²) in [5.74, 6) is -0.826. The highest BCUT2D eigenvalue weighted by Gasteiger charge is 2.12. The molecule has 0 spiro atoms. The number of aromatic amines is 1. The number of H-pyrrole nitrogens is 1. The second-order valence-electron chi connectivity index (χ2n) is 6.20. The van der Waals surface area contributed by atoms with Gasteiger partial charge in [0.05, 0.1) is 17.4 Å². The van der Waals surface area contributed by atoms with E-state index in [4.69, 9.17) is 23.8 Å². The van der Waals surface area contributed by atoms with Crippen LogP contribution in [0, 0.1) is 11.7 Å². The molecule has 9 heteroatoms. The molecule has 0 radical (unpaired) electrons. The van der Waals surface area contributed by atoms with Crippen molar-refractivity contribution in [1.82, 2.24) is 14.9 Å². The van der Waals surface area contributed by atoms with Gasteiger partial charge in [-0.15, -0.1) is 0 Å². The molecule has 2 aromatic carbocycles. The first-order chi connectivity index (χ1) is 13.3. The third-order valence-corrected chi connectivity index (χ3v) is 5.10. The maximum atomic E-state index is 12.4. The Balaban J connectivity index is 1.72. The molecule has 1 heterocycles. The van der Waals surface area contributed by atoms with Gasteiger partial charge in [-0.25, -0.2) is 0 Å². The van der Waals surface area contributed by atoms with Crippen LogP contribution in [0.3, 0.4) is 0 Å². The van der Waals surface area contributed by atoms with Gasteiger partial charge in [-0.1, -0.05) is 17.7 Å². The number of carbonyl (C=O) groups excluding carboxylic acids is 2. The number of anilines is 1. The van der Waals surface area contributed by atoms with Crippen LogP contribution in [0.1, 0.15) is 15.9 Å². The predicted molar refractivity (Wildman–Crippen MR) is 112 cm³/mol. The van der Waals surface area contributed by atoms with E-state index in [1.165, 1.54) is 16.7 Å². The van der Waals surface area contributed by atoms with E-state index >= 15 is 0 Å². The van der Waals surface area contributed by atoms with Crippen LogP contribution in [-0.4, -0.2) is 27.9 Å². The van der Waals surface area contributed by atoms with Gasteiger partial charge in [-0.2, -0.15) is 0 Å². The molecule has 0 unspecified atom stereocenters. The molecule has 0 aliphatic heterocycles. The molecule has 0 saturated carbocycles. The van der Waals surface area contributed by atoms with Gasteiger partial charge in [0.1, 0.15) is 0 Å². The highest BCUT2D eigenvalue weighted by Crippen LogP contribution is 2.22. The fraction of sp³-hybridized carbons (Fsp3) is 0.158. The fourth-order valence-corrected chi connectivity index (χ4v) is 3.01. The minimum atomic E-state index is -0.445. The third-order valence-electron chi connectivity index (χ3n) is 4.31. The summed E-state index contributed by atoms with van der Waals surface area (Å²) in [5, 5.41) is 6.22. The molecule has 7 nitrogen and oxygen atoms in total. The van der Waals surface area contributed by atoms with Gasteiger partial charge in [-0.3, -0.25) is 19.0 Å².